The summed E-state index contributed by atoms with van der Waals surface area (Å²) >= 11 is 7.86. The Kier molecular flexibility index (Phi) is 17.4. The minimum atomic E-state index is -1.64. The highest BCUT2D eigenvalue weighted by Gasteiger charge is 2.33. The van der Waals surface area contributed by atoms with Crippen LogP contribution in [0.4, 0.5) is 0 Å². The van der Waals surface area contributed by atoms with Crippen LogP contribution in [0, 0.1) is 5.92 Å². The first kappa shape index (κ1) is 41.7. The van der Waals surface area contributed by atoms with Crippen LogP contribution in [0.25, 0.3) is 0 Å². The molecule has 1 rings (SSSR count). The normalized spacial score (nSPS) is 15.3. The van der Waals surface area contributed by atoms with Crippen molar-refractivity contribution in [1.82, 2.24) is 41.9 Å². The number of nitrogens with zero attached hydrogens (tertiary/aromatic N) is 1. The van der Waals surface area contributed by atoms with Gasteiger partial charge < -0.3 is 53.5 Å². The van der Waals surface area contributed by atoms with Gasteiger partial charge in [0.05, 0.1) is 18.8 Å². The van der Waals surface area contributed by atoms with Gasteiger partial charge in [-0.3, -0.25) is 38.4 Å². The minimum Gasteiger partial charge on any atom is -0.481 e. The lowest BCUT2D eigenvalue weighted by Gasteiger charge is -2.27. The number of hydrogen-bond donors (Lipinski definition) is 12. The van der Waals surface area contributed by atoms with Crippen LogP contribution in [-0.4, -0.2) is 116 Å². The fourth-order valence-corrected chi connectivity index (χ4v) is 4.35. The molecule has 0 aromatic carbocycles. The van der Waals surface area contributed by atoms with Crippen molar-refractivity contribution in [1.29, 1.82) is 0 Å². The number of imidazole rings is 1. The maximum atomic E-state index is 13.3. The van der Waals surface area contributed by atoms with E-state index in [0.29, 0.717) is 5.69 Å². The Bertz CT molecular complexity index is 1310. The molecular formula is C27H44N10O9S2. The molecule has 0 aliphatic heterocycles. The standard InChI is InChI=1S/C27H44N10O9S2/c1-11(2)20(27(46)35-17(6-19(38)39)26(45)36-18(9-48)21(29)40)37-23(42)13(4)33-25(44)16(5-14-7-30-10-31-14)34-22(41)12(3)32-24(43)15(28)8-47/h7,10-13,15-18,20,47-48H,5-6,8-9,28H2,1-4H3,(H2,29,40)(H,30,31)(H,32,43)(H,33,44)(H,34,41)(H,35,46)(H,36,45)(H,37,42)(H,38,39). The molecule has 7 unspecified atom stereocenters. The third-order valence-corrected chi connectivity index (χ3v) is 7.51. The van der Waals surface area contributed by atoms with E-state index in [4.69, 9.17) is 11.5 Å². The maximum absolute atomic E-state index is 13.3. The highest BCUT2D eigenvalue weighted by Crippen LogP contribution is 2.06. The van der Waals surface area contributed by atoms with Crippen LogP contribution in [0.3, 0.4) is 0 Å². The van der Waals surface area contributed by atoms with Crippen LogP contribution < -0.4 is 43.4 Å². The summed E-state index contributed by atoms with van der Waals surface area (Å²) in [6, 6.07) is -8.73. The zero-order chi connectivity index (χ0) is 36.7. The number of H-pyrrole nitrogens is 1. The predicted molar refractivity (Wildman–Crippen MR) is 177 cm³/mol. The number of thiol groups is 2. The number of nitrogens with one attached hydrogen (secondary N) is 7. The van der Waals surface area contributed by atoms with E-state index in [2.05, 4.69) is 67.1 Å². The number of carbonyl (C=O) groups excluding carboxylic acids is 7. The molecule has 21 heteroatoms. The number of carbonyl (C=O) groups is 8. The van der Waals surface area contributed by atoms with Gasteiger partial charge in [-0.05, 0) is 19.8 Å². The summed E-state index contributed by atoms with van der Waals surface area (Å²) in [5.74, 6) is -7.99. The van der Waals surface area contributed by atoms with Gasteiger partial charge in [0.15, 0.2) is 0 Å². The molecule has 0 aliphatic rings. The van der Waals surface area contributed by atoms with Gasteiger partial charge >= 0.3 is 5.97 Å². The first-order chi connectivity index (χ1) is 22.4. The van der Waals surface area contributed by atoms with Gasteiger partial charge in [0.25, 0.3) is 0 Å². The van der Waals surface area contributed by atoms with Crippen molar-refractivity contribution in [2.75, 3.05) is 11.5 Å². The molecule has 12 N–H and O–H groups in total. The second-order valence-corrected chi connectivity index (χ2v) is 11.9. The number of carboxylic acids is 1. The zero-order valence-electron chi connectivity index (χ0n) is 26.8. The van der Waals surface area contributed by atoms with Gasteiger partial charge in [-0.2, -0.15) is 25.3 Å². The van der Waals surface area contributed by atoms with Crippen LogP contribution in [0.5, 0.6) is 0 Å². The van der Waals surface area contributed by atoms with Crippen molar-refractivity contribution >= 4 is 72.6 Å². The smallest absolute Gasteiger partial charge is 0.305 e. The van der Waals surface area contributed by atoms with Gasteiger partial charge in [-0.1, -0.05) is 13.8 Å². The number of amides is 7. The second kappa shape index (κ2) is 20.1. The van der Waals surface area contributed by atoms with Gasteiger partial charge in [-0.15, -0.1) is 0 Å². The molecule has 0 saturated heterocycles. The first-order valence-electron chi connectivity index (χ1n) is 14.7. The molecule has 0 aliphatic carbocycles. The van der Waals surface area contributed by atoms with E-state index in [0.717, 1.165) is 0 Å². The van der Waals surface area contributed by atoms with E-state index in [1.807, 2.05) is 0 Å². The van der Waals surface area contributed by atoms with E-state index in [-0.39, 0.29) is 17.9 Å². The molecule has 268 valence electrons. The molecule has 7 atom stereocenters. The van der Waals surface area contributed by atoms with Gasteiger partial charge in [-0.25, -0.2) is 4.98 Å². The number of aromatic nitrogens is 2. The Morgan fingerprint density at radius 1 is 0.750 bits per heavy atom. The monoisotopic (exact) mass is 716 g/mol. The minimum absolute atomic E-state index is 0.0380. The van der Waals surface area contributed by atoms with Crippen molar-refractivity contribution in [3.8, 4) is 0 Å². The number of primary amides is 1. The van der Waals surface area contributed by atoms with E-state index < -0.39 is 102 Å². The van der Waals surface area contributed by atoms with E-state index >= 15 is 0 Å². The van der Waals surface area contributed by atoms with E-state index in [9.17, 15) is 43.5 Å². The lowest BCUT2D eigenvalue weighted by atomic mass is 10.0. The molecule has 0 saturated carbocycles. The van der Waals surface area contributed by atoms with Crippen LogP contribution in [0.2, 0.25) is 0 Å². The number of aromatic amines is 1. The second-order valence-electron chi connectivity index (χ2n) is 11.1. The third kappa shape index (κ3) is 13.8. The fourth-order valence-electron chi connectivity index (χ4n) is 3.91. The summed E-state index contributed by atoms with van der Waals surface area (Å²) in [5, 5.41) is 23.6. The molecule has 1 aromatic heterocycles. The fraction of sp³-hybridized carbons (Fsp3) is 0.593. The molecule has 7 amide bonds. The quantitative estimate of drug-likeness (QED) is 0.0573. The molecule has 0 spiro atoms. The zero-order valence-corrected chi connectivity index (χ0v) is 28.6. The highest BCUT2D eigenvalue weighted by molar-refractivity contribution is 7.80. The number of aliphatic carboxylic acids is 1. The summed E-state index contributed by atoms with van der Waals surface area (Å²) in [5.41, 5.74) is 11.3. The molecule has 1 aromatic rings. The van der Waals surface area contributed by atoms with Crippen LogP contribution in [-0.2, 0) is 44.8 Å². The van der Waals surface area contributed by atoms with Gasteiger partial charge in [0.2, 0.25) is 41.4 Å². The molecule has 0 radical (unpaired) electrons. The number of rotatable bonds is 20. The Balaban J connectivity index is 3.03. The summed E-state index contributed by atoms with van der Waals surface area (Å²) < 4.78 is 0. The van der Waals surface area contributed by atoms with Gasteiger partial charge in [0, 0.05) is 29.8 Å². The van der Waals surface area contributed by atoms with Crippen molar-refractivity contribution < 1.29 is 43.5 Å². The number of nitrogens with two attached hydrogens (primary N) is 2. The first-order valence-corrected chi connectivity index (χ1v) is 16.0. The molecule has 0 fully saturated rings. The molecule has 0 bridgehead atoms. The Morgan fingerprint density at radius 3 is 1.75 bits per heavy atom. The highest BCUT2D eigenvalue weighted by atomic mass is 32.1. The molecular weight excluding hydrogens is 672 g/mol. The summed E-state index contributed by atoms with van der Waals surface area (Å²) in [7, 11) is 0. The van der Waals surface area contributed by atoms with Crippen molar-refractivity contribution in [3.05, 3.63) is 18.2 Å². The average molecular weight is 717 g/mol. The Morgan fingerprint density at radius 2 is 1.27 bits per heavy atom. The molecule has 48 heavy (non-hydrogen) atoms. The summed E-state index contributed by atoms with van der Waals surface area (Å²) in [6.45, 7) is 5.85. The Hall–Kier alpha value is -4.37. The summed E-state index contributed by atoms with van der Waals surface area (Å²) in [6.07, 6.45) is 1.86. The number of carboxylic acid groups (broad SMARTS) is 1. The van der Waals surface area contributed by atoms with Crippen LogP contribution in [0.15, 0.2) is 12.5 Å². The predicted octanol–water partition coefficient (Wildman–Crippen LogP) is -4.30. The summed E-state index contributed by atoms with van der Waals surface area (Å²) in [4.78, 5) is 107. The van der Waals surface area contributed by atoms with E-state index in [1.54, 1.807) is 13.8 Å². The molecule has 19 nitrogen and oxygen atoms in total. The third-order valence-electron chi connectivity index (χ3n) is 6.75. The lowest BCUT2D eigenvalue weighted by Crippen LogP contribution is -2.60. The largest absolute Gasteiger partial charge is 0.481 e. The van der Waals surface area contributed by atoms with Crippen LogP contribution >= 0.6 is 25.3 Å². The van der Waals surface area contributed by atoms with Crippen molar-refractivity contribution in [2.24, 2.45) is 17.4 Å². The van der Waals surface area contributed by atoms with Crippen molar-refractivity contribution in [3.63, 3.8) is 0 Å². The maximum Gasteiger partial charge on any atom is 0.305 e. The topological polar surface area (TPSA) is 310 Å². The van der Waals surface area contributed by atoms with Gasteiger partial charge in [0.1, 0.15) is 36.3 Å². The number of hydrogen-bond acceptors (Lipinski definition) is 12. The van der Waals surface area contributed by atoms with E-state index in [1.165, 1.54) is 26.4 Å². The lowest BCUT2D eigenvalue weighted by molar-refractivity contribution is -0.141. The Labute approximate surface area is 287 Å². The van der Waals surface area contributed by atoms with Crippen LogP contribution in [0.1, 0.15) is 39.8 Å². The van der Waals surface area contributed by atoms with Crippen molar-refractivity contribution in [2.45, 2.75) is 82.8 Å². The SMILES string of the molecule is CC(NC(=O)C(N)CS)C(=O)NC(Cc1cnc[nH]1)C(=O)NC(C)C(=O)NC(C(=O)NC(CC(=O)O)C(=O)NC(CS)C(N)=O)C(C)C. The molecule has 1 heterocycles. The average Bonchev–Trinajstić information content (AvgIpc) is 3.53.